The first-order chi connectivity index (χ1) is 9.02. The molecule has 0 amide bonds. The number of benzene rings is 1. The molecule has 0 aliphatic carbocycles. The summed E-state index contributed by atoms with van der Waals surface area (Å²) in [5.74, 6) is 0. The van der Waals surface area contributed by atoms with E-state index in [4.69, 9.17) is 0 Å². The lowest BCUT2D eigenvalue weighted by atomic mass is 10.1. The van der Waals surface area contributed by atoms with Gasteiger partial charge in [-0.1, -0.05) is 18.2 Å². The Bertz CT molecular complexity index is 522. The lowest BCUT2D eigenvalue weighted by molar-refractivity contribution is 0.387. The molecule has 1 N–H and O–H groups in total. The Labute approximate surface area is 115 Å². The second-order valence-corrected chi connectivity index (χ2v) is 6.79. The van der Waals surface area contributed by atoms with Gasteiger partial charge in [0.15, 0.2) is 0 Å². The van der Waals surface area contributed by atoms with E-state index in [1.54, 1.807) is 4.31 Å². The Kier molecular flexibility index (Phi) is 4.44. The maximum Gasteiger partial charge on any atom is 0.211 e. The van der Waals surface area contributed by atoms with Crippen molar-refractivity contribution in [3.05, 3.63) is 29.8 Å². The topological polar surface area (TPSA) is 52.6 Å². The van der Waals surface area contributed by atoms with Crippen molar-refractivity contribution in [2.24, 2.45) is 0 Å². The predicted octanol–water partition coefficient (Wildman–Crippen LogP) is 0.488. The molecule has 0 radical (unpaired) electrons. The molecule has 1 aromatic carbocycles. The van der Waals surface area contributed by atoms with E-state index in [-0.39, 0.29) is 0 Å². The number of anilines is 1. The third-order valence-corrected chi connectivity index (χ3v) is 4.71. The molecule has 0 saturated carbocycles. The molecule has 2 rings (SSSR count). The van der Waals surface area contributed by atoms with E-state index >= 15 is 0 Å². The van der Waals surface area contributed by atoms with Gasteiger partial charge in [-0.3, -0.25) is 0 Å². The van der Waals surface area contributed by atoms with Crippen molar-refractivity contribution in [2.75, 3.05) is 44.4 Å². The van der Waals surface area contributed by atoms with Gasteiger partial charge in [-0.05, 0) is 18.7 Å². The largest absolute Gasteiger partial charge is 0.369 e. The summed E-state index contributed by atoms with van der Waals surface area (Å²) >= 11 is 0. The molecule has 1 aliphatic rings. The monoisotopic (exact) mass is 283 g/mol. The molecule has 1 heterocycles. The van der Waals surface area contributed by atoms with Gasteiger partial charge in [0.2, 0.25) is 10.0 Å². The SMILES string of the molecule is CNCc1ccccc1N1CCN(S(C)(=O)=O)CC1. The standard InChI is InChI=1S/C13H21N3O2S/c1-14-11-12-5-3-4-6-13(12)15-7-9-16(10-8-15)19(2,17)18/h3-6,14H,7-11H2,1-2H3. The maximum atomic E-state index is 11.5. The van der Waals surface area contributed by atoms with Crippen LogP contribution in [0.5, 0.6) is 0 Å². The Morgan fingerprint density at radius 3 is 2.37 bits per heavy atom. The molecule has 106 valence electrons. The summed E-state index contributed by atoms with van der Waals surface area (Å²) in [6.45, 7) is 3.43. The van der Waals surface area contributed by atoms with Gasteiger partial charge in [0.1, 0.15) is 0 Å². The van der Waals surface area contributed by atoms with Gasteiger partial charge < -0.3 is 10.2 Å². The number of rotatable bonds is 4. The zero-order valence-electron chi connectivity index (χ0n) is 11.5. The van der Waals surface area contributed by atoms with Gasteiger partial charge >= 0.3 is 0 Å². The van der Waals surface area contributed by atoms with E-state index in [1.807, 2.05) is 19.2 Å². The summed E-state index contributed by atoms with van der Waals surface area (Å²) in [5.41, 5.74) is 2.45. The van der Waals surface area contributed by atoms with Crippen LogP contribution in [0.3, 0.4) is 0 Å². The number of sulfonamides is 1. The first-order valence-corrected chi connectivity index (χ1v) is 8.30. The van der Waals surface area contributed by atoms with Gasteiger partial charge in [-0.25, -0.2) is 8.42 Å². The lowest BCUT2D eigenvalue weighted by Crippen LogP contribution is -2.48. The number of hydrogen-bond donors (Lipinski definition) is 1. The van der Waals surface area contributed by atoms with E-state index in [0.717, 1.165) is 19.6 Å². The number of hydrogen-bond acceptors (Lipinski definition) is 4. The molecule has 1 aliphatic heterocycles. The molecule has 6 heteroatoms. The molecule has 0 aromatic heterocycles. The molecule has 19 heavy (non-hydrogen) atoms. The molecule has 1 aromatic rings. The Morgan fingerprint density at radius 1 is 1.16 bits per heavy atom. The van der Waals surface area contributed by atoms with E-state index in [2.05, 4.69) is 22.3 Å². The molecule has 1 saturated heterocycles. The second kappa shape index (κ2) is 5.90. The minimum Gasteiger partial charge on any atom is -0.369 e. The fourth-order valence-corrected chi connectivity index (χ4v) is 3.25. The Balaban J connectivity index is 2.09. The van der Waals surface area contributed by atoms with Crippen LogP contribution in [0.15, 0.2) is 24.3 Å². The third-order valence-electron chi connectivity index (χ3n) is 3.41. The predicted molar refractivity (Wildman–Crippen MR) is 77.8 cm³/mol. The Hall–Kier alpha value is -1.11. The number of nitrogens with zero attached hydrogens (tertiary/aromatic N) is 2. The first kappa shape index (κ1) is 14.3. The summed E-state index contributed by atoms with van der Waals surface area (Å²) in [6.07, 6.45) is 1.28. The highest BCUT2D eigenvalue weighted by molar-refractivity contribution is 7.88. The van der Waals surface area contributed by atoms with Crippen LogP contribution >= 0.6 is 0 Å². The average molecular weight is 283 g/mol. The van der Waals surface area contributed by atoms with Crippen LogP contribution in [-0.2, 0) is 16.6 Å². The van der Waals surface area contributed by atoms with E-state index in [0.29, 0.717) is 13.1 Å². The van der Waals surface area contributed by atoms with Gasteiger partial charge in [0, 0.05) is 38.4 Å². The quantitative estimate of drug-likeness (QED) is 0.874. The zero-order valence-corrected chi connectivity index (χ0v) is 12.3. The fraction of sp³-hybridized carbons (Fsp3) is 0.538. The van der Waals surface area contributed by atoms with Crippen LogP contribution in [0.25, 0.3) is 0 Å². The molecule has 0 bridgehead atoms. The molecule has 0 spiro atoms. The summed E-state index contributed by atoms with van der Waals surface area (Å²) in [4.78, 5) is 2.26. The lowest BCUT2D eigenvalue weighted by Gasteiger charge is -2.35. The summed E-state index contributed by atoms with van der Waals surface area (Å²) < 4.78 is 24.5. The minimum atomic E-state index is -3.06. The van der Waals surface area contributed by atoms with Crippen molar-refractivity contribution in [1.82, 2.24) is 9.62 Å². The number of nitrogens with one attached hydrogen (secondary N) is 1. The van der Waals surface area contributed by atoms with Crippen molar-refractivity contribution in [1.29, 1.82) is 0 Å². The normalized spacial score (nSPS) is 17.7. The van der Waals surface area contributed by atoms with Crippen LogP contribution in [0.4, 0.5) is 5.69 Å². The summed E-state index contributed by atoms with van der Waals surface area (Å²) in [5, 5.41) is 3.16. The molecule has 0 unspecified atom stereocenters. The van der Waals surface area contributed by atoms with Crippen LogP contribution in [0, 0.1) is 0 Å². The van der Waals surface area contributed by atoms with E-state index in [9.17, 15) is 8.42 Å². The van der Waals surface area contributed by atoms with Crippen LogP contribution in [0.1, 0.15) is 5.56 Å². The van der Waals surface area contributed by atoms with Gasteiger partial charge in [0.25, 0.3) is 0 Å². The molecular weight excluding hydrogens is 262 g/mol. The van der Waals surface area contributed by atoms with Gasteiger partial charge in [0.05, 0.1) is 6.26 Å². The van der Waals surface area contributed by atoms with E-state index in [1.165, 1.54) is 17.5 Å². The highest BCUT2D eigenvalue weighted by Gasteiger charge is 2.24. The Morgan fingerprint density at radius 2 is 1.79 bits per heavy atom. The van der Waals surface area contributed by atoms with Gasteiger partial charge in [-0.15, -0.1) is 0 Å². The second-order valence-electron chi connectivity index (χ2n) is 4.81. The third kappa shape index (κ3) is 3.46. The number of para-hydroxylation sites is 1. The van der Waals surface area contributed by atoms with Gasteiger partial charge in [-0.2, -0.15) is 4.31 Å². The van der Waals surface area contributed by atoms with E-state index < -0.39 is 10.0 Å². The average Bonchev–Trinajstić information content (AvgIpc) is 2.39. The molecule has 1 fully saturated rings. The van der Waals surface area contributed by atoms with Crippen molar-refractivity contribution < 1.29 is 8.42 Å². The molecular formula is C13H21N3O2S. The van der Waals surface area contributed by atoms with Crippen molar-refractivity contribution in [2.45, 2.75) is 6.54 Å². The summed E-state index contributed by atoms with van der Waals surface area (Å²) in [6, 6.07) is 8.26. The van der Waals surface area contributed by atoms with Crippen molar-refractivity contribution in [3.8, 4) is 0 Å². The highest BCUT2D eigenvalue weighted by atomic mass is 32.2. The first-order valence-electron chi connectivity index (χ1n) is 6.45. The van der Waals surface area contributed by atoms with Crippen LogP contribution in [-0.4, -0.2) is 52.2 Å². The van der Waals surface area contributed by atoms with Crippen LogP contribution in [0.2, 0.25) is 0 Å². The smallest absolute Gasteiger partial charge is 0.211 e. The molecule has 0 atom stereocenters. The fourth-order valence-electron chi connectivity index (χ4n) is 2.42. The van der Waals surface area contributed by atoms with Crippen molar-refractivity contribution >= 4 is 15.7 Å². The zero-order chi connectivity index (χ0) is 13.9. The highest BCUT2D eigenvalue weighted by Crippen LogP contribution is 2.22. The summed E-state index contributed by atoms with van der Waals surface area (Å²) in [7, 11) is -1.13. The maximum absolute atomic E-state index is 11.5. The van der Waals surface area contributed by atoms with Crippen LogP contribution < -0.4 is 10.2 Å². The van der Waals surface area contributed by atoms with Crippen molar-refractivity contribution in [3.63, 3.8) is 0 Å². The number of piperazine rings is 1. The molecule has 5 nitrogen and oxygen atoms in total. The minimum absolute atomic E-state index is 0.562.